The van der Waals surface area contributed by atoms with Crippen LogP contribution in [0.15, 0.2) is 0 Å². The van der Waals surface area contributed by atoms with Crippen molar-refractivity contribution in [3.63, 3.8) is 0 Å². The molecule has 39 heavy (non-hydrogen) atoms. The van der Waals surface area contributed by atoms with Gasteiger partial charge >= 0.3 is 5.97 Å². The summed E-state index contributed by atoms with van der Waals surface area (Å²) in [5, 5.41) is 15.9. The smallest absolute Gasteiger partial charge is 0.303 e. The summed E-state index contributed by atoms with van der Waals surface area (Å²) in [7, 11) is 0. The predicted molar refractivity (Wildman–Crippen MR) is 162 cm³/mol. The quantitative estimate of drug-likeness (QED) is 0.332. The van der Waals surface area contributed by atoms with E-state index in [2.05, 4.69) is 10.6 Å². The molecular formula is C34H62N2O3. The van der Waals surface area contributed by atoms with E-state index >= 15 is 0 Å². The van der Waals surface area contributed by atoms with Crippen LogP contribution in [-0.2, 0) is 9.59 Å². The highest BCUT2D eigenvalue weighted by Crippen LogP contribution is 2.42. The number of fused-ring (bicyclic) bond motifs is 3. The van der Waals surface area contributed by atoms with Crippen LogP contribution in [0.5, 0.6) is 0 Å². The molecule has 3 fully saturated rings. The van der Waals surface area contributed by atoms with Crippen molar-refractivity contribution in [3.05, 3.63) is 0 Å². The first-order valence-corrected chi connectivity index (χ1v) is 17.3. The molecule has 3 aliphatic rings. The lowest BCUT2D eigenvalue weighted by molar-refractivity contribution is -0.137. The number of carbonyl (C=O) groups excluding carboxylic acids is 1. The zero-order valence-corrected chi connectivity index (χ0v) is 25.2. The second kappa shape index (κ2) is 19.9. The first-order valence-electron chi connectivity index (χ1n) is 17.3. The van der Waals surface area contributed by atoms with E-state index in [1.807, 2.05) is 0 Å². The van der Waals surface area contributed by atoms with E-state index in [9.17, 15) is 9.59 Å². The summed E-state index contributed by atoms with van der Waals surface area (Å²) >= 11 is 0. The number of rotatable bonds is 4. The average Bonchev–Trinajstić information content (AvgIpc) is 2.92. The number of amides is 1. The van der Waals surface area contributed by atoms with Crippen molar-refractivity contribution in [1.29, 1.82) is 0 Å². The molecule has 0 aromatic heterocycles. The summed E-state index contributed by atoms with van der Waals surface area (Å²) in [6, 6.07) is 0. The van der Waals surface area contributed by atoms with Crippen LogP contribution in [0.1, 0.15) is 154 Å². The number of carboxylic acid groups (broad SMARTS) is 1. The Kier molecular flexibility index (Phi) is 16.5. The van der Waals surface area contributed by atoms with E-state index in [0.717, 1.165) is 81.3 Å². The van der Waals surface area contributed by atoms with Gasteiger partial charge in [-0.15, -0.1) is 0 Å². The second-order valence-electron chi connectivity index (χ2n) is 13.6. The molecular weight excluding hydrogens is 484 g/mol. The maximum atomic E-state index is 12.1. The van der Waals surface area contributed by atoms with Crippen LogP contribution in [0, 0.1) is 29.6 Å². The van der Waals surface area contributed by atoms with E-state index in [-0.39, 0.29) is 5.91 Å². The third-order valence-corrected chi connectivity index (χ3v) is 10.4. The van der Waals surface area contributed by atoms with E-state index in [1.165, 1.54) is 109 Å². The molecule has 0 spiro atoms. The van der Waals surface area contributed by atoms with E-state index in [0.29, 0.717) is 12.8 Å². The Bertz CT molecular complexity index is 669. The minimum absolute atomic E-state index is 0.249. The van der Waals surface area contributed by atoms with Crippen LogP contribution in [0.3, 0.4) is 0 Å². The number of hydrogen-bond acceptors (Lipinski definition) is 3. The predicted octanol–water partition coefficient (Wildman–Crippen LogP) is 8.26. The number of hydrogen-bond donors (Lipinski definition) is 3. The molecule has 0 radical (unpaired) electrons. The summed E-state index contributed by atoms with van der Waals surface area (Å²) in [6.07, 6.45) is 29.5. The normalized spacial score (nSPS) is 32.1. The molecule has 3 N–H and O–H groups in total. The molecule has 1 saturated heterocycles. The molecule has 226 valence electrons. The molecule has 5 heteroatoms. The summed E-state index contributed by atoms with van der Waals surface area (Å²) < 4.78 is 0. The standard InChI is InChI=1S/C34H62N2O3/c37-33-19-2-1-7-23-35-24-8-6-17-31-22-21-30(16-11-20-34(38)39)27-32(31)18-4-3-12-28-14-10-15-29(26-28)13-5-9-25-36-33/h28-32,35H,1-27H2,(H,36,37)(H,38,39). The van der Waals surface area contributed by atoms with Gasteiger partial charge in [-0.2, -0.15) is 0 Å². The minimum Gasteiger partial charge on any atom is -0.481 e. The maximum absolute atomic E-state index is 12.1. The summed E-state index contributed by atoms with van der Waals surface area (Å²) in [5.41, 5.74) is 0. The Hall–Kier alpha value is -1.10. The first-order chi connectivity index (χ1) is 19.1. The van der Waals surface area contributed by atoms with Gasteiger partial charge in [0.1, 0.15) is 0 Å². The average molecular weight is 547 g/mol. The fourth-order valence-corrected chi connectivity index (χ4v) is 8.10. The number of aliphatic carboxylic acids is 1. The van der Waals surface area contributed by atoms with Crippen LogP contribution in [0.2, 0.25) is 0 Å². The molecule has 5 unspecified atom stereocenters. The van der Waals surface area contributed by atoms with Crippen molar-refractivity contribution in [2.75, 3.05) is 19.6 Å². The fraction of sp³-hybridized carbons (Fsp3) is 0.941. The van der Waals surface area contributed by atoms with Crippen molar-refractivity contribution in [1.82, 2.24) is 10.6 Å². The highest BCUT2D eigenvalue weighted by molar-refractivity contribution is 5.75. The largest absolute Gasteiger partial charge is 0.481 e. The third-order valence-electron chi connectivity index (χ3n) is 10.4. The van der Waals surface area contributed by atoms with Gasteiger partial charge < -0.3 is 15.7 Å². The zero-order chi connectivity index (χ0) is 27.5. The lowest BCUT2D eigenvalue weighted by atomic mass is 9.69. The van der Waals surface area contributed by atoms with E-state index < -0.39 is 5.97 Å². The molecule has 0 aromatic rings. The monoisotopic (exact) mass is 546 g/mol. The Morgan fingerprint density at radius 3 is 2.10 bits per heavy atom. The Morgan fingerprint density at radius 1 is 0.667 bits per heavy atom. The van der Waals surface area contributed by atoms with Gasteiger partial charge in [-0.25, -0.2) is 0 Å². The topological polar surface area (TPSA) is 78.4 Å². The summed E-state index contributed by atoms with van der Waals surface area (Å²) in [6.45, 7) is 3.06. The maximum Gasteiger partial charge on any atom is 0.303 e. The van der Waals surface area contributed by atoms with Crippen molar-refractivity contribution in [3.8, 4) is 0 Å². The first kappa shape index (κ1) is 32.4. The molecule has 1 aliphatic heterocycles. The fourth-order valence-electron chi connectivity index (χ4n) is 8.10. The molecule has 0 aromatic carbocycles. The number of carboxylic acids is 1. The number of carbonyl (C=O) groups is 2. The van der Waals surface area contributed by atoms with Crippen LogP contribution in [-0.4, -0.2) is 36.6 Å². The van der Waals surface area contributed by atoms with Gasteiger partial charge in [0.05, 0.1) is 0 Å². The molecule has 5 nitrogen and oxygen atoms in total. The van der Waals surface area contributed by atoms with Gasteiger partial charge in [0.15, 0.2) is 0 Å². The summed E-state index contributed by atoms with van der Waals surface area (Å²) in [4.78, 5) is 23.1. The molecule has 1 heterocycles. The number of nitrogens with one attached hydrogen (secondary N) is 2. The van der Waals surface area contributed by atoms with Gasteiger partial charge in [0, 0.05) is 19.4 Å². The molecule has 2 aliphatic carbocycles. The highest BCUT2D eigenvalue weighted by Gasteiger charge is 2.30. The Labute approximate surface area is 240 Å². The highest BCUT2D eigenvalue weighted by atomic mass is 16.4. The SMILES string of the molecule is O=C(O)CCCC1CCC2CCCCNCCCCCC(=O)NCCCCC3CCCC(CCCCC2C1)C3. The van der Waals surface area contributed by atoms with Crippen LogP contribution in [0.4, 0.5) is 0 Å². The second-order valence-corrected chi connectivity index (χ2v) is 13.6. The van der Waals surface area contributed by atoms with Crippen molar-refractivity contribution >= 4 is 11.9 Å². The van der Waals surface area contributed by atoms with Crippen molar-refractivity contribution in [2.45, 2.75) is 154 Å². The Morgan fingerprint density at radius 2 is 1.31 bits per heavy atom. The van der Waals surface area contributed by atoms with Gasteiger partial charge in [0.2, 0.25) is 5.91 Å². The summed E-state index contributed by atoms with van der Waals surface area (Å²) in [5.74, 6) is 3.98. The van der Waals surface area contributed by atoms with E-state index in [1.54, 1.807) is 0 Å². The minimum atomic E-state index is -0.635. The third kappa shape index (κ3) is 14.4. The Balaban J connectivity index is 1.46. The van der Waals surface area contributed by atoms with Gasteiger partial charge in [-0.3, -0.25) is 9.59 Å². The van der Waals surface area contributed by atoms with Gasteiger partial charge in [-0.1, -0.05) is 83.5 Å². The van der Waals surface area contributed by atoms with Crippen molar-refractivity contribution in [2.24, 2.45) is 29.6 Å². The zero-order valence-electron chi connectivity index (χ0n) is 25.2. The molecule has 3 rings (SSSR count). The van der Waals surface area contributed by atoms with Crippen LogP contribution < -0.4 is 10.6 Å². The van der Waals surface area contributed by atoms with Gasteiger partial charge in [-0.05, 0) is 100 Å². The van der Waals surface area contributed by atoms with Crippen LogP contribution >= 0.6 is 0 Å². The molecule has 1 amide bonds. The molecule has 2 bridgehead atoms. The van der Waals surface area contributed by atoms with Gasteiger partial charge in [0.25, 0.3) is 0 Å². The molecule has 2 saturated carbocycles. The lowest BCUT2D eigenvalue weighted by Gasteiger charge is -2.37. The van der Waals surface area contributed by atoms with Crippen molar-refractivity contribution < 1.29 is 14.7 Å². The lowest BCUT2D eigenvalue weighted by Crippen LogP contribution is -2.26. The molecule has 5 atom stereocenters. The van der Waals surface area contributed by atoms with E-state index in [4.69, 9.17) is 5.11 Å². The van der Waals surface area contributed by atoms with Crippen LogP contribution in [0.25, 0.3) is 0 Å².